The number of rotatable bonds is 4. The minimum Gasteiger partial charge on any atom is -0.223 e. The Morgan fingerprint density at radius 1 is 1.17 bits per heavy atom. The molecule has 0 N–H and O–H groups in total. The lowest BCUT2D eigenvalue weighted by Crippen LogP contribution is -2.06. The van der Waals surface area contributed by atoms with E-state index in [0.717, 1.165) is 16.6 Å². The molecule has 0 amide bonds. The molecule has 0 saturated carbocycles. The first-order chi connectivity index (χ1) is 11.4. The van der Waals surface area contributed by atoms with Crippen LogP contribution < -0.4 is 0 Å². The van der Waals surface area contributed by atoms with Gasteiger partial charge in [0.1, 0.15) is 16.8 Å². The lowest BCUT2D eigenvalue weighted by molar-refractivity contribution is 0.602. The van der Waals surface area contributed by atoms with E-state index < -0.39 is 20.6 Å². The fourth-order valence-corrected chi connectivity index (χ4v) is 3.42. The van der Waals surface area contributed by atoms with Gasteiger partial charge in [0.15, 0.2) is 9.84 Å². The van der Waals surface area contributed by atoms with Crippen molar-refractivity contribution in [1.82, 2.24) is 0 Å². The van der Waals surface area contributed by atoms with Gasteiger partial charge in [0.25, 0.3) is 0 Å². The van der Waals surface area contributed by atoms with Crippen molar-refractivity contribution in [2.45, 2.75) is 5.75 Å². The second-order valence-electron chi connectivity index (χ2n) is 4.85. The van der Waals surface area contributed by atoms with E-state index in [1.54, 1.807) is 36.4 Å². The molecule has 0 aliphatic heterocycles. The van der Waals surface area contributed by atoms with Crippen LogP contribution in [0.25, 0.3) is 6.08 Å². The summed E-state index contributed by atoms with van der Waals surface area (Å²) in [6.07, 6.45) is 0.977. The van der Waals surface area contributed by atoms with Crippen molar-refractivity contribution < 1.29 is 12.8 Å². The van der Waals surface area contributed by atoms with Gasteiger partial charge in [-0.05, 0) is 35.9 Å². The average Bonchev–Trinajstić information content (AvgIpc) is 2.55. The summed E-state index contributed by atoms with van der Waals surface area (Å²) >= 11 is 3.25. The van der Waals surface area contributed by atoms with Crippen molar-refractivity contribution in [3.8, 4) is 12.1 Å². The molecule has 0 unspecified atom stereocenters. The lowest BCUT2D eigenvalue weighted by Gasteiger charge is -2.04. The molecule has 24 heavy (non-hydrogen) atoms. The van der Waals surface area contributed by atoms with Crippen molar-refractivity contribution in [2.24, 2.45) is 0 Å². The number of allylic oxidation sites excluding steroid dienone is 1. The first kappa shape index (κ1) is 17.9. The molecular weight excluding hydrogens is 395 g/mol. The first-order valence-corrected chi connectivity index (χ1v) is 9.09. The van der Waals surface area contributed by atoms with E-state index in [2.05, 4.69) is 15.9 Å². The normalized spacial score (nSPS) is 11.6. The van der Waals surface area contributed by atoms with Gasteiger partial charge in [-0.2, -0.15) is 10.5 Å². The Bertz CT molecular complexity index is 985. The molecule has 0 fully saturated rings. The number of nitriles is 2. The summed E-state index contributed by atoms with van der Waals surface area (Å²) in [6.45, 7) is 0. The maximum Gasteiger partial charge on any atom is 0.192 e. The van der Waals surface area contributed by atoms with Crippen LogP contribution in [0, 0.1) is 28.5 Å². The molecule has 0 bridgehead atoms. The molecule has 2 aromatic rings. The molecule has 2 aromatic carbocycles. The second-order valence-corrected chi connectivity index (χ2v) is 7.73. The summed E-state index contributed by atoms with van der Waals surface area (Å²) in [5.41, 5.74) is 0.561. The molecule has 4 nitrogen and oxygen atoms in total. The van der Waals surface area contributed by atoms with Gasteiger partial charge in [-0.25, -0.2) is 12.8 Å². The van der Waals surface area contributed by atoms with Gasteiger partial charge in [-0.3, -0.25) is 0 Å². The third-order valence-corrected chi connectivity index (χ3v) is 5.25. The molecule has 0 aliphatic carbocycles. The molecule has 2 rings (SSSR count). The van der Waals surface area contributed by atoms with Crippen LogP contribution in [0.5, 0.6) is 0 Å². The monoisotopic (exact) mass is 404 g/mol. The van der Waals surface area contributed by atoms with Crippen LogP contribution in [0.15, 0.2) is 51.8 Å². The number of nitrogens with zero attached hydrogens (tertiary/aromatic N) is 2. The average molecular weight is 405 g/mol. The van der Waals surface area contributed by atoms with E-state index in [1.165, 1.54) is 12.1 Å². The van der Waals surface area contributed by atoms with Gasteiger partial charge in [0.05, 0.1) is 17.4 Å². The third-order valence-electron chi connectivity index (χ3n) is 3.13. The minimum absolute atomic E-state index is 0.0649. The van der Waals surface area contributed by atoms with E-state index in [1.807, 2.05) is 0 Å². The highest BCUT2D eigenvalue weighted by Crippen LogP contribution is 2.20. The Hall–Kier alpha value is -2.48. The Balaban J connectivity index is 2.38. The molecule has 0 spiro atoms. The molecule has 120 valence electrons. The van der Waals surface area contributed by atoms with Gasteiger partial charge in [-0.15, -0.1) is 0 Å². The quantitative estimate of drug-likeness (QED) is 0.722. The van der Waals surface area contributed by atoms with E-state index in [4.69, 9.17) is 10.5 Å². The van der Waals surface area contributed by atoms with E-state index in [-0.39, 0.29) is 16.9 Å². The zero-order valence-corrected chi connectivity index (χ0v) is 14.6. The van der Waals surface area contributed by atoms with E-state index >= 15 is 0 Å². The van der Waals surface area contributed by atoms with Crippen LogP contribution in [0.3, 0.4) is 0 Å². The SMILES string of the molecule is N#C/C(=C\c1ccc(C#N)cc1F)S(=O)(=O)Cc1ccc(Br)cc1. The predicted molar refractivity (Wildman–Crippen MR) is 91.5 cm³/mol. The Morgan fingerprint density at radius 3 is 2.38 bits per heavy atom. The van der Waals surface area contributed by atoms with Gasteiger partial charge in [0, 0.05) is 10.0 Å². The van der Waals surface area contributed by atoms with E-state index in [9.17, 15) is 12.8 Å². The summed E-state index contributed by atoms with van der Waals surface area (Å²) < 4.78 is 39.4. The maximum atomic E-state index is 13.9. The lowest BCUT2D eigenvalue weighted by atomic mass is 10.1. The smallest absolute Gasteiger partial charge is 0.192 e. The Morgan fingerprint density at radius 2 is 1.83 bits per heavy atom. The van der Waals surface area contributed by atoms with Crippen molar-refractivity contribution in [1.29, 1.82) is 10.5 Å². The number of benzene rings is 2. The van der Waals surface area contributed by atoms with Crippen molar-refractivity contribution in [2.75, 3.05) is 0 Å². The summed E-state index contributed by atoms with van der Waals surface area (Å²) in [6, 6.07) is 13.6. The maximum absolute atomic E-state index is 13.9. The Labute approximate surface area is 147 Å². The summed E-state index contributed by atoms with van der Waals surface area (Å²) in [5.74, 6) is -1.13. The van der Waals surface area contributed by atoms with Gasteiger partial charge >= 0.3 is 0 Å². The third kappa shape index (κ3) is 4.29. The topological polar surface area (TPSA) is 81.7 Å². The van der Waals surface area contributed by atoms with Gasteiger partial charge in [0.2, 0.25) is 0 Å². The molecular formula is C17H10BrFN2O2S. The number of hydrogen-bond acceptors (Lipinski definition) is 4. The fourth-order valence-electron chi connectivity index (χ4n) is 1.92. The second kappa shape index (κ2) is 7.39. The zero-order valence-electron chi connectivity index (χ0n) is 12.2. The molecule has 7 heteroatoms. The summed E-state index contributed by atoms with van der Waals surface area (Å²) in [7, 11) is -3.92. The largest absolute Gasteiger partial charge is 0.223 e. The van der Waals surface area contributed by atoms with Crippen LogP contribution in [-0.4, -0.2) is 8.42 Å². The van der Waals surface area contributed by atoms with Crippen LogP contribution in [-0.2, 0) is 15.6 Å². The highest BCUT2D eigenvalue weighted by Gasteiger charge is 2.19. The number of halogens is 2. The predicted octanol–water partition coefficient (Wildman–Crippen LogP) is 3.94. The van der Waals surface area contributed by atoms with Crippen LogP contribution in [0.1, 0.15) is 16.7 Å². The Kier molecular flexibility index (Phi) is 5.50. The number of hydrogen-bond donors (Lipinski definition) is 0. The van der Waals surface area contributed by atoms with Gasteiger partial charge in [-0.1, -0.05) is 34.1 Å². The van der Waals surface area contributed by atoms with E-state index in [0.29, 0.717) is 5.56 Å². The van der Waals surface area contributed by atoms with Gasteiger partial charge < -0.3 is 0 Å². The molecule has 0 radical (unpaired) electrons. The van der Waals surface area contributed by atoms with Crippen LogP contribution in [0.4, 0.5) is 4.39 Å². The molecule has 0 saturated heterocycles. The highest BCUT2D eigenvalue weighted by atomic mass is 79.9. The fraction of sp³-hybridized carbons (Fsp3) is 0.0588. The minimum atomic E-state index is -3.92. The molecule has 0 heterocycles. The van der Waals surface area contributed by atoms with Crippen LogP contribution >= 0.6 is 15.9 Å². The van der Waals surface area contributed by atoms with Crippen molar-refractivity contribution in [3.63, 3.8) is 0 Å². The first-order valence-electron chi connectivity index (χ1n) is 6.64. The molecule has 0 aromatic heterocycles. The standard InChI is InChI=1S/C17H10BrFN2O2S/c18-15-5-2-12(3-6-15)11-24(22,23)16(10-21)8-14-4-1-13(9-20)7-17(14)19/h1-8H,11H2/b16-8+. The van der Waals surface area contributed by atoms with Crippen LogP contribution in [0.2, 0.25) is 0 Å². The zero-order chi connectivity index (χ0) is 17.7. The van der Waals surface area contributed by atoms with Crippen molar-refractivity contribution >= 4 is 31.8 Å². The number of sulfone groups is 1. The van der Waals surface area contributed by atoms with Crippen molar-refractivity contribution in [3.05, 3.63) is 74.4 Å². The molecule has 0 aliphatic rings. The highest BCUT2D eigenvalue weighted by molar-refractivity contribution is 9.10. The summed E-state index contributed by atoms with van der Waals surface area (Å²) in [5, 5.41) is 17.9. The summed E-state index contributed by atoms with van der Waals surface area (Å²) in [4.78, 5) is -0.533. The molecule has 0 atom stereocenters.